The van der Waals surface area contributed by atoms with Gasteiger partial charge in [-0.15, -0.1) is 0 Å². The molecule has 1 saturated heterocycles. The van der Waals surface area contributed by atoms with Crippen LogP contribution in [0, 0.1) is 12.8 Å². The van der Waals surface area contributed by atoms with Gasteiger partial charge in [0.2, 0.25) is 15.9 Å². The maximum Gasteiger partial charge on any atom is 0.243 e. The Bertz CT molecular complexity index is 985. The van der Waals surface area contributed by atoms with Crippen LogP contribution in [0.25, 0.3) is 12.2 Å². The van der Waals surface area contributed by atoms with E-state index in [2.05, 4.69) is 17.4 Å². The predicted octanol–water partition coefficient (Wildman–Crippen LogP) is 3.92. The maximum absolute atomic E-state index is 12.8. The number of nitrogens with one attached hydrogen (secondary N) is 1. The van der Waals surface area contributed by atoms with E-state index in [1.165, 1.54) is 0 Å². The van der Waals surface area contributed by atoms with Crippen LogP contribution in [0.3, 0.4) is 0 Å². The second-order valence-corrected chi connectivity index (χ2v) is 9.34. The van der Waals surface area contributed by atoms with Gasteiger partial charge in [-0.2, -0.15) is 4.31 Å². The number of rotatable bonds is 6. The molecule has 7 nitrogen and oxygen atoms in total. The number of aryl methyl sites for hydroxylation is 1. The van der Waals surface area contributed by atoms with Gasteiger partial charge in [0, 0.05) is 19.5 Å². The molecule has 1 aromatic carbocycles. The molecule has 1 aromatic heterocycles. The van der Waals surface area contributed by atoms with Crippen LogP contribution in [0.4, 0.5) is 5.69 Å². The molecule has 0 aliphatic carbocycles. The van der Waals surface area contributed by atoms with Crippen molar-refractivity contribution >= 4 is 33.8 Å². The van der Waals surface area contributed by atoms with Gasteiger partial charge in [0.05, 0.1) is 4.90 Å². The molecule has 2 aromatic rings. The molecular formula is C21H27N3O4S. The lowest BCUT2D eigenvalue weighted by Crippen LogP contribution is -2.37. The summed E-state index contributed by atoms with van der Waals surface area (Å²) in [6.07, 6.45) is 5.65. The molecule has 0 unspecified atom stereocenters. The van der Waals surface area contributed by atoms with Gasteiger partial charge in [0.15, 0.2) is 5.76 Å². The van der Waals surface area contributed by atoms with Crippen molar-refractivity contribution in [1.82, 2.24) is 9.46 Å². The first-order valence-corrected chi connectivity index (χ1v) is 11.3. The van der Waals surface area contributed by atoms with Crippen LogP contribution in [0.2, 0.25) is 0 Å². The highest BCUT2D eigenvalue weighted by molar-refractivity contribution is 7.89. The van der Waals surface area contributed by atoms with Crippen molar-refractivity contribution in [3.63, 3.8) is 0 Å². The molecule has 29 heavy (non-hydrogen) atoms. The number of amides is 1. The standard InChI is InChI=1S/C21H27N3O4S/c1-4-20(25)22-21-16(3)23-28-19(21)10-7-17-5-8-18(9-6-17)29(26,27)24-13-11-15(2)12-14-24/h5-10,15H,4,11-14H2,1-3H3,(H,22,25)/b10-7-. The molecule has 1 aliphatic heterocycles. The third kappa shape index (κ3) is 4.94. The molecule has 3 rings (SSSR count). The molecule has 0 spiro atoms. The Hall–Kier alpha value is -2.45. The van der Waals surface area contributed by atoms with E-state index in [4.69, 9.17) is 4.52 Å². The lowest BCUT2D eigenvalue weighted by Gasteiger charge is -2.29. The lowest BCUT2D eigenvalue weighted by molar-refractivity contribution is -0.115. The second kappa shape index (κ2) is 8.92. The Morgan fingerprint density at radius 2 is 1.90 bits per heavy atom. The van der Waals surface area contributed by atoms with Gasteiger partial charge in [-0.05, 0) is 49.5 Å². The van der Waals surface area contributed by atoms with Crippen LogP contribution < -0.4 is 5.32 Å². The van der Waals surface area contributed by atoms with Gasteiger partial charge in [-0.1, -0.05) is 37.2 Å². The van der Waals surface area contributed by atoms with Crippen LogP contribution in [0.15, 0.2) is 33.7 Å². The van der Waals surface area contributed by atoms with E-state index >= 15 is 0 Å². The van der Waals surface area contributed by atoms with E-state index < -0.39 is 10.0 Å². The second-order valence-electron chi connectivity index (χ2n) is 7.40. The van der Waals surface area contributed by atoms with Gasteiger partial charge in [0.1, 0.15) is 11.4 Å². The van der Waals surface area contributed by atoms with E-state index in [0.717, 1.165) is 18.4 Å². The van der Waals surface area contributed by atoms with Gasteiger partial charge in [0.25, 0.3) is 0 Å². The Kier molecular flexibility index (Phi) is 6.54. The van der Waals surface area contributed by atoms with E-state index in [0.29, 0.717) is 47.5 Å². The highest BCUT2D eigenvalue weighted by Crippen LogP contribution is 2.25. The third-order valence-corrected chi connectivity index (χ3v) is 7.08. The quantitative estimate of drug-likeness (QED) is 0.769. The first kappa shape index (κ1) is 21.3. The first-order chi connectivity index (χ1) is 13.8. The van der Waals surface area contributed by atoms with Crippen molar-refractivity contribution in [1.29, 1.82) is 0 Å². The number of hydrogen-bond donors (Lipinski definition) is 1. The van der Waals surface area contributed by atoms with Crippen LogP contribution in [-0.2, 0) is 14.8 Å². The average Bonchev–Trinajstić information content (AvgIpc) is 3.06. The van der Waals surface area contributed by atoms with Crippen LogP contribution >= 0.6 is 0 Å². The van der Waals surface area contributed by atoms with Crippen LogP contribution in [0.5, 0.6) is 0 Å². The van der Waals surface area contributed by atoms with Crippen molar-refractivity contribution in [3.05, 3.63) is 41.3 Å². The molecule has 0 atom stereocenters. The first-order valence-electron chi connectivity index (χ1n) is 9.85. The molecule has 0 bridgehead atoms. The van der Waals surface area contributed by atoms with E-state index in [1.54, 1.807) is 54.6 Å². The zero-order chi connectivity index (χ0) is 21.0. The molecule has 1 aliphatic rings. The topological polar surface area (TPSA) is 92.5 Å². The molecule has 1 amide bonds. The summed E-state index contributed by atoms with van der Waals surface area (Å²) in [7, 11) is -3.46. The maximum atomic E-state index is 12.8. The molecule has 156 valence electrons. The number of sulfonamides is 1. The number of carbonyl (C=O) groups excluding carboxylic acids is 1. The number of hydrogen-bond acceptors (Lipinski definition) is 5. The summed E-state index contributed by atoms with van der Waals surface area (Å²) in [5.74, 6) is 0.900. The summed E-state index contributed by atoms with van der Waals surface area (Å²) in [5.41, 5.74) is 1.97. The van der Waals surface area contributed by atoms with Crippen molar-refractivity contribution < 1.29 is 17.7 Å². The number of nitrogens with zero attached hydrogens (tertiary/aromatic N) is 2. The number of anilines is 1. The number of aromatic nitrogens is 1. The summed E-state index contributed by atoms with van der Waals surface area (Å²) in [4.78, 5) is 12.0. The Morgan fingerprint density at radius 3 is 2.52 bits per heavy atom. The molecule has 2 heterocycles. The van der Waals surface area contributed by atoms with Crippen molar-refractivity contribution in [2.75, 3.05) is 18.4 Å². The highest BCUT2D eigenvalue weighted by atomic mass is 32.2. The molecule has 1 fully saturated rings. The van der Waals surface area contributed by atoms with Gasteiger partial charge >= 0.3 is 0 Å². The van der Waals surface area contributed by atoms with Gasteiger partial charge in [-0.3, -0.25) is 4.79 Å². The van der Waals surface area contributed by atoms with Crippen molar-refractivity contribution in [3.8, 4) is 0 Å². The number of carbonyl (C=O) groups is 1. The summed E-state index contributed by atoms with van der Waals surface area (Å²) in [6, 6.07) is 6.75. The van der Waals surface area contributed by atoms with Crippen molar-refractivity contribution in [2.24, 2.45) is 5.92 Å². The fraction of sp³-hybridized carbons (Fsp3) is 0.429. The summed E-state index contributed by atoms with van der Waals surface area (Å²) in [5, 5.41) is 6.68. The molecule has 8 heteroatoms. The highest BCUT2D eigenvalue weighted by Gasteiger charge is 2.27. The lowest BCUT2D eigenvalue weighted by atomic mass is 10.0. The monoisotopic (exact) mass is 417 g/mol. The van der Waals surface area contributed by atoms with Crippen LogP contribution in [0.1, 0.15) is 50.1 Å². The minimum Gasteiger partial charge on any atom is -0.354 e. The van der Waals surface area contributed by atoms with E-state index in [-0.39, 0.29) is 5.91 Å². The predicted molar refractivity (Wildman–Crippen MR) is 113 cm³/mol. The molecular weight excluding hydrogens is 390 g/mol. The Balaban J connectivity index is 1.74. The smallest absolute Gasteiger partial charge is 0.243 e. The largest absolute Gasteiger partial charge is 0.354 e. The molecule has 1 N–H and O–H groups in total. The molecule has 0 radical (unpaired) electrons. The SMILES string of the molecule is CCC(=O)Nc1c(C)noc1/C=C\c1ccc(S(=O)(=O)N2CCC(C)CC2)cc1. The normalized spacial score (nSPS) is 16.4. The Labute approximate surface area is 171 Å². The number of piperidine rings is 1. The Morgan fingerprint density at radius 1 is 1.24 bits per heavy atom. The van der Waals surface area contributed by atoms with E-state index in [9.17, 15) is 13.2 Å². The zero-order valence-electron chi connectivity index (χ0n) is 17.0. The van der Waals surface area contributed by atoms with E-state index in [1.807, 2.05) is 0 Å². The third-order valence-electron chi connectivity index (χ3n) is 5.16. The molecule has 0 saturated carbocycles. The minimum atomic E-state index is -3.46. The zero-order valence-corrected chi connectivity index (χ0v) is 17.8. The summed E-state index contributed by atoms with van der Waals surface area (Å²) >= 11 is 0. The van der Waals surface area contributed by atoms with Gasteiger partial charge < -0.3 is 9.84 Å². The summed E-state index contributed by atoms with van der Waals surface area (Å²) in [6.45, 7) is 6.83. The average molecular weight is 418 g/mol. The van der Waals surface area contributed by atoms with Crippen molar-refractivity contribution in [2.45, 2.75) is 44.9 Å². The van der Waals surface area contributed by atoms with Crippen LogP contribution in [-0.4, -0.2) is 36.9 Å². The number of benzene rings is 1. The van der Waals surface area contributed by atoms with Gasteiger partial charge in [-0.25, -0.2) is 8.42 Å². The minimum absolute atomic E-state index is 0.118. The fourth-order valence-corrected chi connectivity index (χ4v) is 4.65. The summed E-state index contributed by atoms with van der Waals surface area (Å²) < 4.78 is 32.5. The fourth-order valence-electron chi connectivity index (χ4n) is 3.18.